The zero-order valence-electron chi connectivity index (χ0n) is 10.4. The van der Waals surface area contributed by atoms with Crippen molar-refractivity contribution >= 4 is 5.97 Å². The maximum Gasteiger partial charge on any atom is 0.394 e. The summed E-state index contributed by atoms with van der Waals surface area (Å²) in [6, 6.07) is 0. The Labute approximate surface area is 101 Å². The topological polar surface area (TPSA) is 64.8 Å². The summed E-state index contributed by atoms with van der Waals surface area (Å²) in [5, 5.41) is 0. The van der Waals surface area contributed by atoms with E-state index in [0.29, 0.717) is 13.2 Å². The van der Waals surface area contributed by atoms with Gasteiger partial charge < -0.3 is 18.8 Å². The summed E-state index contributed by atoms with van der Waals surface area (Å²) in [4.78, 5) is 17.2. The molecule has 0 aromatic carbocycles. The number of esters is 1. The summed E-state index contributed by atoms with van der Waals surface area (Å²) in [5.41, 5.74) is 0.134. The molecule has 0 fully saturated rings. The van der Waals surface area contributed by atoms with E-state index < -0.39 is 5.97 Å². The molecule has 0 aliphatic heterocycles. The first kappa shape index (κ1) is 13.5. The number of ether oxygens (including phenoxy) is 2. The van der Waals surface area contributed by atoms with Crippen LogP contribution in [0.25, 0.3) is 0 Å². The summed E-state index contributed by atoms with van der Waals surface area (Å²) < 4.78 is 15.0. The monoisotopic (exact) mass is 242 g/mol. The zero-order chi connectivity index (χ0) is 12.7. The molecule has 0 amide bonds. The van der Waals surface area contributed by atoms with Gasteiger partial charge in [-0.2, -0.15) is 4.98 Å². The highest BCUT2D eigenvalue weighted by Gasteiger charge is 2.13. The lowest BCUT2D eigenvalue weighted by atomic mass is 10.4. The maximum absolute atomic E-state index is 11.3. The number of aromatic nitrogens is 1. The van der Waals surface area contributed by atoms with E-state index in [0.717, 1.165) is 13.0 Å². The standard InChI is InChI=1S/C11H18N2O4/c1-4-15-10(14)9-8-17-11(12-9)16-7-5-6-13(2)3/h8H,4-7H2,1-3H3. The summed E-state index contributed by atoms with van der Waals surface area (Å²) in [6.07, 6.45) is 2.20. The van der Waals surface area contributed by atoms with E-state index in [1.807, 2.05) is 14.1 Å². The van der Waals surface area contributed by atoms with E-state index in [1.54, 1.807) is 6.92 Å². The minimum absolute atomic E-state index is 0.104. The Morgan fingerprint density at radius 3 is 2.94 bits per heavy atom. The van der Waals surface area contributed by atoms with Crippen LogP contribution >= 0.6 is 0 Å². The number of oxazole rings is 1. The maximum atomic E-state index is 11.3. The van der Waals surface area contributed by atoms with Crippen molar-refractivity contribution in [1.29, 1.82) is 0 Å². The van der Waals surface area contributed by atoms with Gasteiger partial charge in [-0.3, -0.25) is 0 Å². The molecule has 0 spiro atoms. The number of nitrogens with zero attached hydrogens (tertiary/aromatic N) is 2. The zero-order valence-corrected chi connectivity index (χ0v) is 10.4. The fourth-order valence-electron chi connectivity index (χ4n) is 1.16. The van der Waals surface area contributed by atoms with Crippen LogP contribution in [0.4, 0.5) is 0 Å². The van der Waals surface area contributed by atoms with Crippen LogP contribution in [0.15, 0.2) is 10.7 Å². The van der Waals surface area contributed by atoms with Crippen LogP contribution in [-0.2, 0) is 4.74 Å². The Balaban J connectivity index is 2.33. The van der Waals surface area contributed by atoms with Crippen LogP contribution in [-0.4, -0.2) is 49.7 Å². The van der Waals surface area contributed by atoms with Gasteiger partial charge in [0.2, 0.25) is 0 Å². The minimum atomic E-state index is -0.501. The van der Waals surface area contributed by atoms with Crippen molar-refractivity contribution in [3.8, 4) is 6.08 Å². The van der Waals surface area contributed by atoms with E-state index in [1.165, 1.54) is 6.26 Å². The smallest absolute Gasteiger partial charge is 0.394 e. The summed E-state index contributed by atoms with van der Waals surface area (Å²) in [6.45, 7) is 3.47. The Morgan fingerprint density at radius 2 is 2.29 bits per heavy atom. The number of rotatable bonds is 7. The first-order chi connectivity index (χ1) is 8.13. The van der Waals surface area contributed by atoms with Crippen molar-refractivity contribution in [2.75, 3.05) is 33.9 Å². The number of carbonyl (C=O) groups excluding carboxylic acids is 1. The molecule has 17 heavy (non-hydrogen) atoms. The molecule has 1 heterocycles. The van der Waals surface area contributed by atoms with Gasteiger partial charge in [-0.05, 0) is 27.4 Å². The Hall–Kier alpha value is -1.56. The molecule has 96 valence electrons. The molecular weight excluding hydrogens is 224 g/mol. The summed E-state index contributed by atoms with van der Waals surface area (Å²) >= 11 is 0. The molecular formula is C11H18N2O4. The predicted molar refractivity (Wildman–Crippen MR) is 61.1 cm³/mol. The van der Waals surface area contributed by atoms with Crippen molar-refractivity contribution in [2.45, 2.75) is 13.3 Å². The quantitative estimate of drug-likeness (QED) is 0.528. The molecule has 0 saturated carbocycles. The minimum Gasteiger partial charge on any atom is -0.461 e. The van der Waals surface area contributed by atoms with Crippen LogP contribution in [0.2, 0.25) is 0 Å². The molecule has 0 unspecified atom stereocenters. The fourth-order valence-corrected chi connectivity index (χ4v) is 1.16. The van der Waals surface area contributed by atoms with Gasteiger partial charge in [-0.15, -0.1) is 0 Å². The van der Waals surface area contributed by atoms with Crippen molar-refractivity contribution in [3.05, 3.63) is 12.0 Å². The largest absolute Gasteiger partial charge is 0.461 e. The van der Waals surface area contributed by atoms with Gasteiger partial charge in [0, 0.05) is 6.54 Å². The van der Waals surface area contributed by atoms with Crippen LogP contribution < -0.4 is 4.74 Å². The van der Waals surface area contributed by atoms with Crippen molar-refractivity contribution < 1.29 is 18.7 Å². The third-order valence-corrected chi connectivity index (χ3v) is 1.94. The number of hydrogen-bond acceptors (Lipinski definition) is 6. The van der Waals surface area contributed by atoms with E-state index in [-0.39, 0.29) is 11.8 Å². The van der Waals surface area contributed by atoms with Gasteiger partial charge in [0.05, 0.1) is 13.2 Å². The Kier molecular flexibility index (Phi) is 5.48. The molecule has 0 atom stereocenters. The average Bonchev–Trinajstić information content (AvgIpc) is 2.73. The fraction of sp³-hybridized carbons (Fsp3) is 0.636. The Morgan fingerprint density at radius 1 is 1.53 bits per heavy atom. The molecule has 0 N–H and O–H groups in total. The molecule has 6 nitrogen and oxygen atoms in total. The van der Waals surface area contributed by atoms with Gasteiger partial charge in [-0.1, -0.05) is 0 Å². The van der Waals surface area contributed by atoms with Gasteiger partial charge in [-0.25, -0.2) is 4.79 Å². The second-order valence-corrected chi connectivity index (χ2v) is 3.72. The van der Waals surface area contributed by atoms with Crippen molar-refractivity contribution in [2.24, 2.45) is 0 Å². The van der Waals surface area contributed by atoms with E-state index >= 15 is 0 Å². The molecule has 0 saturated heterocycles. The lowest BCUT2D eigenvalue weighted by molar-refractivity contribution is 0.0519. The molecule has 0 aliphatic rings. The lowest BCUT2D eigenvalue weighted by Gasteiger charge is -2.08. The molecule has 0 radical (unpaired) electrons. The highest BCUT2D eigenvalue weighted by molar-refractivity contribution is 5.86. The van der Waals surface area contributed by atoms with E-state index in [2.05, 4.69) is 9.88 Å². The average molecular weight is 242 g/mol. The lowest BCUT2D eigenvalue weighted by Crippen LogP contribution is -2.15. The predicted octanol–water partition coefficient (Wildman–Crippen LogP) is 1.18. The van der Waals surface area contributed by atoms with Gasteiger partial charge in [0.25, 0.3) is 0 Å². The van der Waals surface area contributed by atoms with E-state index in [4.69, 9.17) is 13.9 Å². The molecule has 1 aromatic heterocycles. The van der Waals surface area contributed by atoms with Crippen LogP contribution in [0.5, 0.6) is 6.08 Å². The first-order valence-corrected chi connectivity index (χ1v) is 5.53. The Bertz CT molecular complexity index is 349. The molecule has 0 bridgehead atoms. The van der Waals surface area contributed by atoms with Crippen LogP contribution in [0.3, 0.4) is 0 Å². The SMILES string of the molecule is CCOC(=O)c1coc(OCCCN(C)C)n1. The van der Waals surface area contributed by atoms with Crippen molar-refractivity contribution in [1.82, 2.24) is 9.88 Å². The van der Waals surface area contributed by atoms with E-state index in [9.17, 15) is 4.79 Å². The highest BCUT2D eigenvalue weighted by Crippen LogP contribution is 2.11. The molecule has 0 aliphatic carbocycles. The second-order valence-electron chi connectivity index (χ2n) is 3.72. The highest BCUT2D eigenvalue weighted by atomic mass is 16.6. The molecule has 1 rings (SSSR count). The number of hydrogen-bond donors (Lipinski definition) is 0. The van der Waals surface area contributed by atoms with Gasteiger partial charge in [0.15, 0.2) is 5.69 Å². The van der Waals surface area contributed by atoms with Gasteiger partial charge in [0.1, 0.15) is 6.26 Å². The number of carbonyl (C=O) groups is 1. The van der Waals surface area contributed by atoms with Crippen LogP contribution in [0.1, 0.15) is 23.8 Å². The molecule has 6 heteroatoms. The third-order valence-electron chi connectivity index (χ3n) is 1.94. The summed E-state index contributed by atoms with van der Waals surface area (Å²) in [5.74, 6) is -0.501. The summed E-state index contributed by atoms with van der Waals surface area (Å²) in [7, 11) is 3.98. The van der Waals surface area contributed by atoms with Gasteiger partial charge >= 0.3 is 12.0 Å². The second kappa shape index (κ2) is 6.90. The molecule has 1 aromatic rings. The first-order valence-electron chi connectivity index (χ1n) is 5.53. The van der Waals surface area contributed by atoms with Crippen molar-refractivity contribution in [3.63, 3.8) is 0 Å². The normalized spacial score (nSPS) is 10.6. The third kappa shape index (κ3) is 4.86. The van der Waals surface area contributed by atoms with Crippen LogP contribution in [0, 0.1) is 0 Å².